The van der Waals surface area contributed by atoms with Crippen molar-refractivity contribution < 1.29 is 19.4 Å². The van der Waals surface area contributed by atoms with E-state index in [1.54, 1.807) is 18.4 Å². The number of aliphatic hydroxyl groups is 1. The van der Waals surface area contributed by atoms with E-state index in [4.69, 9.17) is 9.47 Å². The number of hydrogen-bond acceptors (Lipinski definition) is 7. The zero-order valence-electron chi connectivity index (χ0n) is 15.0. The Morgan fingerprint density at radius 1 is 1.56 bits per heavy atom. The van der Waals surface area contributed by atoms with Gasteiger partial charge >= 0.3 is 0 Å². The number of fused-ring (bicyclic) bond motifs is 1. The molecular weight excluding hydrogens is 354 g/mol. The predicted molar refractivity (Wildman–Crippen MR) is 92.9 cm³/mol. The molecule has 1 amide bonds. The van der Waals surface area contributed by atoms with Crippen LogP contribution >= 0.6 is 0 Å². The number of imidazole rings is 1. The summed E-state index contributed by atoms with van der Waals surface area (Å²) in [6, 6.07) is 0. The molecule has 4 heterocycles. The van der Waals surface area contributed by atoms with Crippen molar-refractivity contribution in [3.63, 3.8) is 0 Å². The van der Waals surface area contributed by atoms with E-state index in [1.807, 2.05) is 0 Å². The summed E-state index contributed by atoms with van der Waals surface area (Å²) >= 11 is 0. The van der Waals surface area contributed by atoms with Gasteiger partial charge in [0.05, 0.1) is 19.5 Å². The Bertz CT molecular complexity index is 984. The minimum atomic E-state index is -0.594. The number of H-pyrrole nitrogens is 1. The number of hydrogen-bond donors (Lipinski definition) is 3. The molecule has 10 nitrogen and oxygen atoms in total. The van der Waals surface area contributed by atoms with Gasteiger partial charge in [-0.1, -0.05) is 13.8 Å². The third kappa shape index (κ3) is 2.23. The quantitative estimate of drug-likeness (QED) is 0.686. The second-order valence-electron chi connectivity index (χ2n) is 7.90. The van der Waals surface area contributed by atoms with Crippen molar-refractivity contribution in [1.82, 2.24) is 19.5 Å². The van der Waals surface area contributed by atoms with Gasteiger partial charge in [0.1, 0.15) is 11.7 Å². The molecule has 1 aliphatic carbocycles. The number of carbonyl (C=O) groups excluding carboxylic acids is 1. The molecule has 3 aliphatic rings. The molecule has 1 saturated carbocycles. The minimum absolute atomic E-state index is 0.0657. The summed E-state index contributed by atoms with van der Waals surface area (Å²) in [5.74, 6) is 0.0834. The van der Waals surface area contributed by atoms with Crippen molar-refractivity contribution in [1.29, 1.82) is 0 Å². The van der Waals surface area contributed by atoms with Gasteiger partial charge in [0.15, 0.2) is 17.4 Å². The number of aromatic nitrogens is 4. The van der Waals surface area contributed by atoms with Crippen LogP contribution in [0.2, 0.25) is 0 Å². The summed E-state index contributed by atoms with van der Waals surface area (Å²) in [6.07, 6.45) is 1.51. The van der Waals surface area contributed by atoms with E-state index in [0.717, 1.165) is 6.42 Å². The van der Waals surface area contributed by atoms with Crippen LogP contribution in [0.25, 0.3) is 11.2 Å². The van der Waals surface area contributed by atoms with E-state index in [1.165, 1.54) is 6.33 Å². The summed E-state index contributed by atoms with van der Waals surface area (Å²) in [6.45, 7) is 4.08. The Hall–Kier alpha value is -2.30. The molecule has 0 spiro atoms. The molecule has 0 aromatic carbocycles. The number of aliphatic hydroxyl groups excluding tert-OH is 1. The van der Waals surface area contributed by atoms with Crippen molar-refractivity contribution >= 4 is 23.0 Å². The van der Waals surface area contributed by atoms with Gasteiger partial charge < -0.3 is 14.6 Å². The number of aromatic amines is 1. The Balaban J connectivity index is 1.55. The SMILES string of the molecule is CC(C)C(=O)Nc1nc2c(ncn2[C@@H]2O[C@@]3(CO)CC4CO[C@@H]2[C@H]43)c(=O)[nH]1. The molecule has 3 N–H and O–H groups in total. The van der Waals surface area contributed by atoms with Gasteiger partial charge in [-0.2, -0.15) is 4.98 Å². The number of rotatable bonds is 4. The lowest BCUT2D eigenvalue weighted by Gasteiger charge is -2.45. The maximum Gasteiger partial charge on any atom is 0.280 e. The van der Waals surface area contributed by atoms with Crippen molar-refractivity contribution in [2.24, 2.45) is 17.8 Å². The number of ether oxygens (including phenoxy) is 2. The molecule has 0 radical (unpaired) electrons. The Labute approximate surface area is 153 Å². The smallest absolute Gasteiger partial charge is 0.280 e. The molecule has 3 fully saturated rings. The van der Waals surface area contributed by atoms with E-state index in [0.29, 0.717) is 18.2 Å². The molecule has 144 valence electrons. The largest absolute Gasteiger partial charge is 0.393 e. The number of nitrogens with zero attached hydrogens (tertiary/aromatic N) is 3. The fraction of sp³-hybridized carbons (Fsp3) is 0.647. The van der Waals surface area contributed by atoms with Crippen LogP contribution in [0.3, 0.4) is 0 Å². The Morgan fingerprint density at radius 3 is 3.11 bits per heavy atom. The second kappa shape index (κ2) is 5.60. The molecule has 2 saturated heterocycles. The summed E-state index contributed by atoms with van der Waals surface area (Å²) in [7, 11) is 0. The van der Waals surface area contributed by atoms with Crippen LogP contribution in [0.1, 0.15) is 26.5 Å². The standard InChI is InChI=1S/C17H21N5O5/c1-7(2)13(24)20-16-19-12-10(14(25)21-16)18-6-22(12)15-11-9-8(4-26-11)3-17(9,5-23)27-15/h6-9,11,15,23H,3-5H2,1-2H3,(H2,19,20,21,24,25)/t8?,9-,11+,15+,17+/m0/s1. The van der Waals surface area contributed by atoms with Crippen LogP contribution in [0.4, 0.5) is 5.95 Å². The highest BCUT2D eigenvalue weighted by Gasteiger charge is 2.69. The van der Waals surface area contributed by atoms with Crippen molar-refractivity contribution in [2.75, 3.05) is 18.5 Å². The lowest BCUT2D eigenvalue weighted by molar-refractivity contribution is -0.181. The van der Waals surface area contributed by atoms with Crippen LogP contribution in [0.15, 0.2) is 11.1 Å². The molecule has 10 heteroatoms. The highest BCUT2D eigenvalue weighted by Crippen LogP contribution is 2.61. The maximum absolute atomic E-state index is 12.4. The van der Waals surface area contributed by atoms with E-state index in [9.17, 15) is 14.7 Å². The van der Waals surface area contributed by atoms with Crippen molar-refractivity contribution in [3.8, 4) is 0 Å². The van der Waals surface area contributed by atoms with Crippen LogP contribution < -0.4 is 10.9 Å². The topological polar surface area (TPSA) is 131 Å². The van der Waals surface area contributed by atoms with Crippen LogP contribution in [-0.2, 0) is 14.3 Å². The maximum atomic E-state index is 12.4. The summed E-state index contributed by atoms with van der Waals surface area (Å²) in [5.41, 5.74) is -0.568. The molecule has 0 bridgehead atoms. The first-order valence-electron chi connectivity index (χ1n) is 9.11. The first kappa shape index (κ1) is 16.8. The average Bonchev–Trinajstić information content (AvgIpc) is 3.23. The number of anilines is 1. The van der Waals surface area contributed by atoms with Gasteiger partial charge in [-0.25, -0.2) is 4.98 Å². The third-order valence-corrected chi connectivity index (χ3v) is 5.96. The van der Waals surface area contributed by atoms with Gasteiger partial charge in [-0.05, 0) is 12.3 Å². The predicted octanol–water partition coefficient (Wildman–Crippen LogP) is 0.00890. The fourth-order valence-electron chi connectivity index (χ4n) is 4.59. The van der Waals surface area contributed by atoms with Gasteiger partial charge in [-0.3, -0.25) is 24.5 Å². The van der Waals surface area contributed by atoms with Crippen molar-refractivity contribution in [3.05, 3.63) is 16.7 Å². The molecule has 5 rings (SSSR count). The molecule has 27 heavy (non-hydrogen) atoms. The van der Waals surface area contributed by atoms with Gasteiger partial charge in [0.2, 0.25) is 11.9 Å². The lowest BCUT2D eigenvalue weighted by atomic mass is 9.62. The highest BCUT2D eigenvalue weighted by molar-refractivity contribution is 5.91. The summed E-state index contributed by atoms with van der Waals surface area (Å²) in [4.78, 5) is 35.4. The number of amides is 1. The first-order valence-corrected chi connectivity index (χ1v) is 9.11. The summed E-state index contributed by atoms with van der Waals surface area (Å²) < 4.78 is 13.8. The molecule has 2 aromatic heterocycles. The minimum Gasteiger partial charge on any atom is -0.393 e. The summed E-state index contributed by atoms with van der Waals surface area (Å²) in [5, 5.41) is 12.5. The Morgan fingerprint density at radius 2 is 2.37 bits per heavy atom. The van der Waals surface area contributed by atoms with E-state index >= 15 is 0 Å². The monoisotopic (exact) mass is 375 g/mol. The normalized spacial score (nSPS) is 34.1. The second-order valence-corrected chi connectivity index (χ2v) is 7.90. The average molecular weight is 375 g/mol. The van der Waals surface area contributed by atoms with Crippen LogP contribution in [-0.4, -0.2) is 55.5 Å². The lowest BCUT2D eigenvalue weighted by Crippen LogP contribution is -2.54. The zero-order chi connectivity index (χ0) is 18.9. The van der Waals surface area contributed by atoms with Gasteiger partial charge in [-0.15, -0.1) is 0 Å². The van der Waals surface area contributed by atoms with Gasteiger partial charge in [0.25, 0.3) is 5.56 Å². The fourth-order valence-corrected chi connectivity index (χ4v) is 4.59. The molecule has 2 aliphatic heterocycles. The van der Waals surface area contributed by atoms with Crippen LogP contribution in [0, 0.1) is 17.8 Å². The third-order valence-electron chi connectivity index (χ3n) is 5.96. The number of carbonyl (C=O) groups is 1. The Kier molecular flexibility index (Phi) is 3.49. The van der Waals surface area contributed by atoms with Crippen LogP contribution in [0.5, 0.6) is 0 Å². The zero-order valence-corrected chi connectivity index (χ0v) is 15.0. The van der Waals surface area contributed by atoms with Crippen molar-refractivity contribution in [2.45, 2.75) is 38.2 Å². The molecule has 1 unspecified atom stereocenters. The molecular formula is C17H21N5O5. The first-order chi connectivity index (χ1) is 12.9. The number of nitrogens with one attached hydrogen (secondary N) is 2. The van der Waals surface area contributed by atoms with E-state index < -0.39 is 17.4 Å². The highest BCUT2D eigenvalue weighted by atomic mass is 16.6. The molecule has 5 atom stereocenters. The molecule has 2 aromatic rings. The van der Waals surface area contributed by atoms with E-state index in [2.05, 4.69) is 20.3 Å². The van der Waals surface area contributed by atoms with Gasteiger partial charge in [0, 0.05) is 11.8 Å². The van der Waals surface area contributed by atoms with E-state index in [-0.39, 0.29) is 41.9 Å².